The Labute approximate surface area is 93.4 Å². The number of hydrogen-bond acceptors (Lipinski definition) is 6. The first kappa shape index (κ1) is 12.6. The van der Waals surface area contributed by atoms with Crippen molar-refractivity contribution in [2.75, 3.05) is 42.6 Å². The molecule has 0 aromatic carbocycles. The van der Waals surface area contributed by atoms with Gasteiger partial charge in [0.05, 0.1) is 0 Å². The van der Waals surface area contributed by atoms with Crippen LogP contribution in [-0.4, -0.2) is 64.3 Å². The van der Waals surface area contributed by atoms with Gasteiger partial charge in [-0.3, -0.25) is 0 Å². The molecule has 4 nitrogen and oxygen atoms in total. The van der Waals surface area contributed by atoms with Crippen molar-refractivity contribution < 1.29 is 10.3 Å². The fourth-order valence-electron chi connectivity index (χ4n) is 1.10. The SMILES string of the molecule is C1CSCCN1.OC1CSCCN1O. The summed E-state index contributed by atoms with van der Waals surface area (Å²) in [6, 6.07) is 0. The van der Waals surface area contributed by atoms with E-state index >= 15 is 0 Å². The zero-order chi connectivity index (χ0) is 10.2. The first-order valence-electron chi connectivity index (χ1n) is 4.80. The number of rotatable bonds is 0. The summed E-state index contributed by atoms with van der Waals surface area (Å²) in [5.74, 6) is 4.14. The molecule has 2 fully saturated rings. The van der Waals surface area contributed by atoms with Crippen LogP contribution in [0.3, 0.4) is 0 Å². The number of aliphatic hydroxyl groups is 1. The minimum absolute atomic E-state index is 0.575. The number of thioether (sulfide) groups is 2. The molecule has 0 aliphatic carbocycles. The first-order valence-corrected chi connectivity index (χ1v) is 7.11. The first-order chi connectivity index (χ1) is 6.80. The predicted octanol–water partition coefficient (Wildman–Crippen LogP) is 0.0656. The topological polar surface area (TPSA) is 55.7 Å². The van der Waals surface area contributed by atoms with Gasteiger partial charge >= 0.3 is 0 Å². The van der Waals surface area contributed by atoms with Crippen LogP contribution in [0.4, 0.5) is 0 Å². The summed E-state index contributed by atoms with van der Waals surface area (Å²) in [5.41, 5.74) is 0. The molecule has 14 heavy (non-hydrogen) atoms. The van der Waals surface area contributed by atoms with Crippen LogP contribution in [0.2, 0.25) is 0 Å². The van der Waals surface area contributed by atoms with Crippen LogP contribution in [-0.2, 0) is 0 Å². The van der Waals surface area contributed by atoms with Crippen LogP contribution in [0.15, 0.2) is 0 Å². The highest BCUT2D eigenvalue weighted by Gasteiger charge is 2.16. The Hall–Kier alpha value is 0.540. The second-order valence-corrected chi connectivity index (χ2v) is 5.46. The van der Waals surface area contributed by atoms with Crippen molar-refractivity contribution in [2.45, 2.75) is 6.23 Å². The predicted molar refractivity (Wildman–Crippen MR) is 62.0 cm³/mol. The average Bonchev–Trinajstić information content (AvgIpc) is 2.26. The maximum Gasteiger partial charge on any atom is 0.138 e. The molecule has 0 aromatic rings. The molecule has 0 radical (unpaired) electrons. The van der Waals surface area contributed by atoms with Crippen LogP contribution in [0, 0.1) is 0 Å². The Bertz CT molecular complexity index is 126. The molecule has 3 N–H and O–H groups in total. The molecule has 0 amide bonds. The summed E-state index contributed by atoms with van der Waals surface area (Å²) in [6.45, 7) is 3.00. The van der Waals surface area contributed by atoms with Gasteiger partial charge in [0.25, 0.3) is 0 Å². The fraction of sp³-hybridized carbons (Fsp3) is 1.00. The van der Waals surface area contributed by atoms with Gasteiger partial charge in [-0.15, -0.1) is 0 Å². The summed E-state index contributed by atoms with van der Waals surface area (Å²) in [6.07, 6.45) is -0.645. The fourth-order valence-corrected chi connectivity index (χ4v) is 2.74. The van der Waals surface area contributed by atoms with Crippen molar-refractivity contribution in [3.05, 3.63) is 0 Å². The molecule has 84 valence electrons. The monoisotopic (exact) mass is 238 g/mol. The zero-order valence-corrected chi connectivity index (χ0v) is 9.82. The van der Waals surface area contributed by atoms with E-state index in [1.807, 2.05) is 11.8 Å². The Morgan fingerprint density at radius 3 is 2.14 bits per heavy atom. The lowest BCUT2D eigenvalue weighted by atomic mass is 10.6. The van der Waals surface area contributed by atoms with Crippen LogP contribution in [0.25, 0.3) is 0 Å². The molecular formula is C8H18N2O2S2. The standard InChI is InChI=1S/C4H9NO2S.C4H9NS/c6-4-3-8-2-1-5(4)7;1-3-6-4-2-5-1/h4,6-7H,1-3H2;5H,1-4H2. The Morgan fingerprint density at radius 2 is 1.86 bits per heavy atom. The van der Waals surface area contributed by atoms with Gasteiger partial charge in [0.2, 0.25) is 0 Å². The van der Waals surface area contributed by atoms with Crippen molar-refractivity contribution in [1.29, 1.82) is 0 Å². The molecule has 2 saturated heterocycles. The molecule has 1 atom stereocenters. The number of hydrogen-bond donors (Lipinski definition) is 3. The highest BCUT2D eigenvalue weighted by Crippen LogP contribution is 2.11. The molecule has 0 aromatic heterocycles. The molecule has 2 aliphatic rings. The quantitative estimate of drug-likeness (QED) is 0.555. The van der Waals surface area contributed by atoms with Gasteiger partial charge in [0.15, 0.2) is 0 Å². The Kier molecular flexibility index (Phi) is 7.01. The summed E-state index contributed by atoms with van der Waals surface area (Å²) in [7, 11) is 0. The van der Waals surface area contributed by atoms with Gasteiger partial charge in [-0.1, -0.05) is 0 Å². The minimum atomic E-state index is -0.645. The van der Waals surface area contributed by atoms with E-state index < -0.39 is 6.23 Å². The number of nitrogens with one attached hydrogen (secondary N) is 1. The molecule has 2 aliphatic heterocycles. The number of nitrogens with zero attached hydrogens (tertiary/aromatic N) is 1. The highest BCUT2D eigenvalue weighted by molar-refractivity contribution is 7.99. The van der Waals surface area contributed by atoms with E-state index in [2.05, 4.69) is 5.32 Å². The number of hydroxylamine groups is 2. The van der Waals surface area contributed by atoms with Crippen LogP contribution in [0.5, 0.6) is 0 Å². The van der Waals surface area contributed by atoms with Gasteiger partial charge < -0.3 is 15.6 Å². The van der Waals surface area contributed by atoms with E-state index in [4.69, 9.17) is 10.3 Å². The van der Waals surface area contributed by atoms with E-state index in [0.29, 0.717) is 12.3 Å². The molecule has 0 saturated carbocycles. The van der Waals surface area contributed by atoms with Crippen molar-refractivity contribution in [2.24, 2.45) is 0 Å². The second kappa shape index (κ2) is 7.78. The molecule has 1 unspecified atom stereocenters. The smallest absolute Gasteiger partial charge is 0.138 e. The highest BCUT2D eigenvalue weighted by atomic mass is 32.2. The lowest BCUT2D eigenvalue weighted by Crippen LogP contribution is -2.39. The number of aliphatic hydroxyl groups excluding tert-OH is 1. The Balaban J connectivity index is 0.000000146. The minimum Gasteiger partial charge on any atom is -0.375 e. The average molecular weight is 238 g/mol. The summed E-state index contributed by atoms with van der Waals surface area (Å²) in [5, 5.41) is 21.8. The molecule has 2 rings (SSSR count). The van der Waals surface area contributed by atoms with E-state index in [9.17, 15) is 0 Å². The van der Waals surface area contributed by atoms with Gasteiger partial charge in [-0.25, -0.2) is 0 Å². The van der Waals surface area contributed by atoms with Gasteiger partial charge in [0.1, 0.15) is 6.23 Å². The molecular weight excluding hydrogens is 220 g/mol. The van der Waals surface area contributed by atoms with E-state index in [1.54, 1.807) is 11.8 Å². The maximum atomic E-state index is 8.83. The van der Waals surface area contributed by atoms with Crippen LogP contribution < -0.4 is 5.32 Å². The molecule has 0 spiro atoms. The molecule has 0 bridgehead atoms. The van der Waals surface area contributed by atoms with Crippen LogP contribution >= 0.6 is 23.5 Å². The largest absolute Gasteiger partial charge is 0.375 e. The Morgan fingerprint density at radius 1 is 1.14 bits per heavy atom. The van der Waals surface area contributed by atoms with E-state index in [-0.39, 0.29) is 0 Å². The third-order valence-corrected chi connectivity index (χ3v) is 3.91. The second-order valence-electron chi connectivity index (χ2n) is 3.08. The third-order valence-electron chi connectivity index (χ3n) is 1.92. The zero-order valence-electron chi connectivity index (χ0n) is 8.19. The normalized spacial score (nSPS) is 29.1. The van der Waals surface area contributed by atoms with Gasteiger partial charge in [-0.2, -0.15) is 28.6 Å². The van der Waals surface area contributed by atoms with Crippen molar-refractivity contribution >= 4 is 23.5 Å². The summed E-state index contributed by atoms with van der Waals surface area (Å²) in [4.78, 5) is 0. The third kappa shape index (κ3) is 5.43. The summed E-state index contributed by atoms with van der Waals surface area (Å²) < 4.78 is 0. The van der Waals surface area contributed by atoms with Crippen molar-refractivity contribution in [1.82, 2.24) is 10.4 Å². The van der Waals surface area contributed by atoms with Crippen molar-refractivity contribution in [3.63, 3.8) is 0 Å². The van der Waals surface area contributed by atoms with E-state index in [0.717, 1.165) is 10.8 Å². The maximum absolute atomic E-state index is 8.83. The molecule has 6 heteroatoms. The van der Waals surface area contributed by atoms with E-state index in [1.165, 1.54) is 24.6 Å². The summed E-state index contributed by atoms with van der Waals surface area (Å²) >= 11 is 3.69. The van der Waals surface area contributed by atoms with Crippen LogP contribution in [0.1, 0.15) is 0 Å². The van der Waals surface area contributed by atoms with Crippen molar-refractivity contribution in [3.8, 4) is 0 Å². The van der Waals surface area contributed by atoms with Gasteiger partial charge in [-0.05, 0) is 0 Å². The molecule has 2 heterocycles. The lowest BCUT2D eigenvalue weighted by molar-refractivity contribution is -0.184. The lowest BCUT2D eigenvalue weighted by Gasteiger charge is -2.25. The van der Waals surface area contributed by atoms with Gasteiger partial charge in [0, 0.05) is 42.6 Å².